The van der Waals surface area contributed by atoms with Gasteiger partial charge in [-0.25, -0.2) is 0 Å². The molecule has 0 radical (unpaired) electrons. The van der Waals surface area contributed by atoms with Gasteiger partial charge in [0.15, 0.2) is 6.29 Å². The summed E-state index contributed by atoms with van der Waals surface area (Å²) in [5, 5.41) is 21.8. The van der Waals surface area contributed by atoms with E-state index >= 15 is 0 Å². The van der Waals surface area contributed by atoms with E-state index in [1.807, 2.05) is 0 Å². The van der Waals surface area contributed by atoms with Crippen molar-refractivity contribution in [2.45, 2.75) is 30.6 Å². The molecule has 0 aromatic rings. The summed E-state index contributed by atoms with van der Waals surface area (Å²) in [6.45, 7) is -0.0278. The van der Waals surface area contributed by atoms with Crippen LogP contribution in [0.3, 0.4) is 0 Å². The Balaban J connectivity index is 2.11. The predicted molar refractivity (Wildman–Crippen MR) is 47.6 cm³/mol. The van der Waals surface area contributed by atoms with Crippen LogP contribution in [-0.2, 0) is 14.3 Å². The minimum Gasteiger partial charge on any atom is -0.388 e. The molecule has 2 saturated heterocycles. The van der Waals surface area contributed by atoms with Crippen LogP contribution in [0.5, 0.6) is 0 Å². The monoisotopic (exact) mass is 218 g/mol. The van der Waals surface area contributed by atoms with Gasteiger partial charge in [0.1, 0.15) is 31.0 Å². The van der Waals surface area contributed by atoms with Crippen LogP contribution in [0.1, 0.15) is 0 Å². The van der Waals surface area contributed by atoms with Crippen LogP contribution in [0.25, 0.3) is 0 Å². The Morgan fingerprint density at radius 1 is 1.47 bits per heavy atom. The highest BCUT2D eigenvalue weighted by atomic mass is 16.7. The molecule has 3 unspecified atom stereocenters. The molecule has 0 bridgehead atoms. The third-order valence-corrected chi connectivity index (χ3v) is 2.64. The normalized spacial score (nSPS) is 45.8. The van der Waals surface area contributed by atoms with Gasteiger partial charge < -0.3 is 30.7 Å². The Morgan fingerprint density at radius 2 is 2.20 bits per heavy atom. The van der Waals surface area contributed by atoms with Gasteiger partial charge in [0, 0.05) is 6.54 Å². The van der Waals surface area contributed by atoms with E-state index in [1.165, 1.54) is 0 Å². The lowest BCUT2D eigenvalue weighted by Crippen LogP contribution is -2.68. The van der Waals surface area contributed by atoms with E-state index in [0.29, 0.717) is 0 Å². The summed E-state index contributed by atoms with van der Waals surface area (Å²) in [6, 6.07) is -0.732. The van der Waals surface area contributed by atoms with E-state index in [0.717, 1.165) is 0 Å². The fourth-order valence-electron chi connectivity index (χ4n) is 1.81. The molecule has 5 atom stereocenters. The molecule has 7 nitrogen and oxygen atoms in total. The van der Waals surface area contributed by atoms with Gasteiger partial charge in [0.05, 0.1) is 0 Å². The molecule has 0 aromatic heterocycles. The summed E-state index contributed by atoms with van der Waals surface area (Å²) >= 11 is 0. The van der Waals surface area contributed by atoms with Crippen molar-refractivity contribution in [3.63, 3.8) is 0 Å². The maximum Gasteiger partial charge on any atom is 0.246 e. The average Bonchev–Trinajstić information content (AvgIpc) is 2.24. The summed E-state index contributed by atoms with van der Waals surface area (Å²) in [6.07, 6.45) is -3.65. The second kappa shape index (κ2) is 4.03. The zero-order valence-corrected chi connectivity index (χ0v) is 8.00. The lowest BCUT2D eigenvalue weighted by Gasteiger charge is -2.44. The number of aliphatic hydroxyl groups is 2. The number of hydrogen-bond donors (Lipinski definition) is 4. The Labute approximate surface area is 86.1 Å². The number of fused-ring (bicyclic) bond motifs is 1. The third kappa shape index (κ3) is 1.84. The topological polar surface area (TPSA) is 114 Å². The number of morpholine rings is 1. The second-order valence-corrected chi connectivity index (χ2v) is 3.66. The van der Waals surface area contributed by atoms with Gasteiger partial charge in [-0.05, 0) is 0 Å². The molecule has 0 aliphatic carbocycles. The Bertz CT molecular complexity index is 259. The van der Waals surface area contributed by atoms with Gasteiger partial charge in [0.2, 0.25) is 5.91 Å². The Morgan fingerprint density at radius 3 is 2.87 bits per heavy atom. The SMILES string of the molecule is NCC1O[C@H]2OCC(=O)N[C@H]2C(O)C1O. The van der Waals surface area contributed by atoms with E-state index in [9.17, 15) is 15.0 Å². The number of carbonyl (C=O) groups is 1. The van der Waals surface area contributed by atoms with Crippen LogP contribution in [0.4, 0.5) is 0 Å². The van der Waals surface area contributed by atoms with E-state index < -0.39 is 30.6 Å². The second-order valence-electron chi connectivity index (χ2n) is 3.66. The smallest absolute Gasteiger partial charge is 0.246 e. The molecular formula is C8H14N2O5. The zero-order chi connectivity index (χ0) is 11.0. The first-order chi connectivity index (χ1) is 7.13. The number of nitrogens with one attached hydrogen (secondary N) is 1. The molecule has 5 N–H and O–H groups in total. The quantitative estimate of drug-likeness (QED) is 0.371. The summed E-state index contributed by atoms with van der Waals surface area (Å²) in [7, 11) is 0. The predicted octanol–water partition coefficient (Wildman–Crippen LogP) is -3.09. The first-order valence-corrected chi connectivity index (χ1v) is 4.76. The molecule has 2 fully saturated rings. The van der Waals surface area contributed by atoms with E-state index in [-0.39, 0.29) is 19.1 Å². The van der Waals surface area contributed by atoms with E-state index in [1.54, 1.807) is 0 Å². The fourth-order valence-corrected chi connectivity index (χ4v) is 1.81. The number of hydrogen-bond acceptors (Lipinski definition) is 6. The molecule has 2 rings (SSSR count). The largest absolute Gasteiger partial charge is 0.388 e. The molecule has 2 aliphatic heterocycles. The van der Waals surface area contributed by atoms with Gasteiger partial charge >= 0.3 is 0 Å². The van der Waals surface area contributed by atoms with Crippen molar-refractivity contribution in [1.29, 1.82) is 0 Å². The lowest BCUT2D eigenvalue weighted by molar-refractivity contribution is -0.270. The van der Waals surface area contributed by atoms with E-state index in [4.69, 9.17) is 15.2 Å². The van der Waals surface area contributed by atoms with Crippen molar-refractivity contribution in [2.75, 3.05) is 13.2 Å². The minimum absolute atomic E-state index is 0.0821. The van der Waals surface area contributed by atoms with Crippen LogP contribution >= 0.6 is 0 Å². The summed E-state index contributed by atoms with van der Waals surface area (Å²) < 4.78 is 10.4. The van der Waals surface area contributed by atoms with E-state index in [2.05, 4.69) is 5.32 Å². The highest BCUT2D eigenvalue weighted by Gasteiger charge is 2.47. The first kappa shape index (κ1) is 10.8. The number of carbonyl (C=O) groups excluding carboxylic acids is 1. The molecule has 2 heterocycles. The van der Waals surface area contributed by atoms with Crippen molar-refractivity contribution in [1.82, 2.24) is 5.32 Å². The van der Waals surface area contributed by atoms with Crippen LogP contribution in [-0.4, -0.2) is 59.9 Å². The number of amides is 1. The number of nitrogens with two attached hydrogens (primary N) is 1. The number of rotatable bonds is 1. The summed E-state index contributed by atoms with van der Waals surface area (Å²) in [5.41, 5.74) is 5.37. The lowest BCUT2D eigenvalue weighted by atomic mass is 9.96. The first-order valence-electron chi connectivity index (χ1n) is 4.76. The van der Waals surface area contributed by atoms with Crippen molar-refractivity contribution >= 4 is 5.91 Å². The van der Waals surface area contributed by atoms with Crippen LogP contribution in [0.2, 0.25) is 0 Å². The fraction of sp³-hybridized carbons (Fsp3) is 0.875. The molecule has 1 amide bonds. The van der Waals surface area contributed by atoms with Gasteiger partial charge in [-0.1, -0.05) is 0 Å². The van der Waals surface area contributed by atoms with Crippen molar-refractivity contribution in [2.24, 2.45) is 5.73 Å². The van der Waals surface area contributed by atoms with Crippen LogP contribution in [0, 0.1) is 0 Å². The van der Waals surface area contributed by atoms with Crippen LogP contribution in [0.15, 0.2) is 0 Å². The average molecular weight is 218 g/mol. The minimum atomic E-state index is -1.12. The molecule has 7 heteroatoms. The molecule has 0 aromatic carbocycles. The molecule has 15 heavy (non-hydrogen) atoms. The molecule has 2 aliphatic rings. The molecular weight excluding hydrogens is 204 g/mol. The zero-order valence-electron chi connectivity index (χ0n) is 8.00. The van der Waals surface area contributed by atoms with Crippen molar-refractivity contribution < 1.29 is 24.5 Å². The Kier molecular flexibility index (Phi) is 2.89. The maximum atomic E-state index is 11.0. The van der Waals surface area contributed by atoms with Gasteiger partial charge in [-0.15, -0.1) is 0 Å². The molecule has 0 spiro atoms. The third-order valence-electron chi connectivity index (χ3n) is 2.64. The van der Waals surface area contributed by atoms with Crippen molar-refractivity contribution in [3.8, 4) is 0 Å². The Hall–Kier alpha value is -0.730. The number of ether oxygens (including phenoxy) is 2. The van der Waals surface area contributed by atoms with Gasteiger partial charge in [-0.2, -0.15) is 0 Å². The van der Waals surface area contributed by atoms with Crippen LogP contribution < -0.4 is 11.1 Å². The van der Waals surface area contributed by atoms with Gasteiger partial charge in [-0.3, -0.25) is 4.79 Å². The highest BCUT2D eigenvalue weighted by molar-refractivity contribution is 5.78. The molecule has 0 saturated carbocycles. The molecule has 86 valence electrons. The van der Waals surface area contributed by atoms with Gasteiger partial charge in [0.25, 0.3) is 0 Å². The standard InChI is InChI=1S/C8H14N2O5/c9-1-3-6(12)7(13)5-8(15-3)14-2-4(11)10-5/h3,5-8,12-13H,1-2,9H2,(H,10,11)/t3?,5-,6?,7?,8+/m0/s1. The summed E-state index contributed by atoms with van der Waals surface area (Å²) in [4.78, 5) is 11.0. The number of aliphatic hydroxyl groups excluding tert-OH is 2. The van der Waals surface area contributed by atoms with Crippen molar-refractivity contribution in [3.05, 3.63) is 0 Å². The summed E-state index contributed by atoms with van der Waals surface area (Å²) in [5.74, 6) is -0.336. The maximum absolute atomic E-state index is 11.0. The highest BCUT2D eigenvalue weighted by Crippen LogP contribution is 2.23.